The summed E-state index contributed by atoms with van der Waals surface area (Å²) < 4.78 is 23.3. The molecular weight excluding hydrogens is 804 g/mol. The molecule has 0 spiro atoms. The molecule has 0 saturated carbocycles. The van der Waals surface area contributed by atoms with Gasteiger partial charge in [0.25, 0.3) is 7.82 Å². The molecule has 0 aromatic carbocycles. The molecule has 0 aromatic rings. The molecule has 3 atom stereocenters. The number of carbonyl (C=O) groups excluding carboxylic acids is 1. The Balaban J connectivity index is 3.93. The van der Waals surface area contributed by atoms with Crippen molar-refractivity contribution in [1.82, 2.24) is 5.32 Å². The number of allylic oxidation sites excluding steroid dienone is 2. The Morgan fingerprint density at radius 2 is 0.873 bits per heavy atom. The quantitative estimate of drug-likeness (QED) is 0.0272. The van der Waals surface area contributed by atoms with Crippen LogP contribution >= 0.6 is 7.82 Å². The van der Waals surface area contributed by atoms with Gasteiger partial charge in [-0.25, -0.2) is 0 Å². The summed E-state index contributed by atoms with van der Waals surface area (Å²) in [4.78, 5) is 25.4. The van der Waals surface area contributed by atoms with E-state index in [9.17, 15) is 19.4 Å². The lowest BCUT2D eigenvalue weighted by Crippen LogP contribution is -2.46. The van der Waals surface area contributed by atoms with Crippen molar-refractivity contribution in [3.63, 3.8) is 0 Å². The summed E-state index contributed by atoms with van der Waals surface area (Å²) in [5, 5.41) is 13.9. The van der Waals surface area contributed by atoms with Crippen molar-refractivity contribution in [2.24, 2.45) is 0 Å². The fourth-order valence-corrected chi connectivity index (χ4v) is 9.11. The number of hydrogen-bond donors (Lipinski definition) is 2. The van der Waals surface area contributed by atoms with Crippen LogP contribution in [0, 0.1) is 0 Å². The highest BCUT2D eigenvalue weighted by molar-refractivity contribution is 7.45. The summed E-state index contributed by atoms with van der Waals surface area (Å²) in [5.41, 5.74) is 0. The van der Waals surface area contributed by atoms with Crippen molar-refractivity contribution < 1.29 is 32.9 Å². The van der Waals surface area contributed by atoms with Gasteiger partial charge in [-0.2, -0.15) is 0 Å². The first-order chi connectivity index (χ1) is 30.5. The largest absolute Gasteiger partial charge is 0.756 e. The third-order valence-corrected chi connectivity index (χ3v) is 13.7. The lowest BCUT2D eigenvalue weighted by atomic mass is 10.0. The maximum atomic E-state index is 12.9. The number of amides is 1. The second kappa shape index (κ2) is 46.4. The average Bonchev–Trinajstić information content (AvgIpc) is 3.24. The molecule has 376 valence electrons. The summed E-state index contributed by atoms with van der Waals surface area (Å²) >= 11 is 0. The first kappa shape index (κ1) is 62.2. The van der Waals surface area contributed by atoms with Gasteiger partial charge in [0.15, 0.2) is 0 Å². The highest BCUT2D eigenvalue weighted by Crippen LogP contribution is 2.38. The Morgan fingerprint density at radius 3 is 1.24 bits per heavy atom. The molecule has 0 aliphatic heterocycles. The summed E-state index contributed by atoms with van der Waals surface area (Å²) in [7, 11) is 1.32. The topological polar surface area (TPSA) is 108 Å². The molecule has 3 unspecified atom stereocenters. The number of nitrogens with one attached hydrogen (secondary N) is 1. The molecule has 0 radical (unpaired) electrons. The first-order valence-corrected chi connectivity index (χ1v) is 29.0. The molecule has 9 heteroatoms. The van der Waals surface area contributed by atoms with Gasteiger partial charge < -0.3 is 28.8 Å². The lowest BCUT2D eigenvalue weighted by molar-refractivity contribution is -0.870. The van der Waals surface area contributed by atoms with Crippen LogP contribution in [0.5, 0.6) is 0 Å². The molecule has 2 N–H and O–H groups in total. The third-order valence-electron chi connectivity index (χ3n) is 12.8. The number of aliphatic hydroxyl groups excluding tert-OH is 1. The number of nitrogens with zero attached hydrogens (tertiary/aromatic N) is 1. The van der Waals surface area contributed by atoms with E-state index in [4.69, 9.17) is 9.05 Å². The maximum Gasteiger partial charge on any atom is 0.268 e. The highest BCUT2D eigenvalue weighted by Gasteiger charge is 2.24. The Bertz CT molecular complexity index is 1040. The minimum absolute atomic E-state index is 0.0150. The van der Waals surface area contributed by atoms with Crippen molar-refractivity contribution in [2.45, 2.75) is 289 Å². The molecule has 8 nitrogen and oxygen atoms in total. The summed E-state index contributed by atoms with van der Waals surface area (Å²) in [6.45, 7) is 4.73. The fourth-order valence-electron chi connectivity index (χ4n) is 8.39. The van der Waals surface area contributed by atoms with Crippen molar-refractivity contribution in [2.75, 3.05) is 40.9 Å². The predicted octanol–water partition coefficient (Wildman–Crippen LogP) is 15.6. The lowest BCUT2D eigenvalue weighted by Gasteiger charge is -2.30. The van der Waals surface area contributed by atoms with Crippen LogP contribution in [0.1, 0.15) is 277 Å². The molecule has 0 rings (SSSR count). The van der Waals surface area contributed by atoms with Gasteiger partial charge in [0.2, 0.25) is 5.91 Å². The average molecular weight is 913 g/mol. The van der Waals surface area contributed by atoms with Crippen LogP contribution < -0.4 is 10.2 Å². The van der Waals surface area contributed by atoms with Gasteiger partial charge in [-0.3, -0.25) is 9.36 Å². The van der Waals surface area contributed by atoms with Gasteiger partial charge in [-0.15, -0.1) is 0 Å². The number of aliphatic hydroxyl groups is 1. The van der Waals surface area contributed by atoms with Crippen LogP contribution in [-0.2, 0) is 18.4 Å². The summed E-state index contributed by atoms with van der Waals surface area (Å²) in [6, 6.07) is -0.794. The van der Waals surface area contributed by atoms with E-state index in [2.05, 4.69) is 31.3 Å². The van der Waals surface area contributed by atoms with Crippen LogP contribution in [0.4, 0.5) is 0 Å². The molecule has 0 bridgehead atoms. The van der Waals surface area contributed by atoms with Crippen LogP contribution in [0.2, 0.25) is 0 Å². The van der Waals surface area contributed by atoms with Crippen molar-refractivity contribution in [3.8, 4) is 0 Å². The molecule has 0 heterocycles. The van der Waals surface area contributed by atoms with Gasteiger partial charge in [-0.1, -0.05) is 244 Å². The van der Waals surface area contributed by atoms with Crippen molar-refractivity contribution in [1.29, 1.82) is 0 Å². The minimum Gasteiger partial charge on any atom is -0.756 e. The van der Waals surface area contributed by atoms with Crippen molar-refractivity contribution in [3.05, 3.63) is 12.2 Å². The van der Waals surface area contributed by atoms with Gasteiger partial charge in [-0.05, 0) is 38.5 Å². The first-order valence-electron chi connectivity index (χ1n) is 27.5. The Labute approximate surface area is 392 Å². The number of unbranched alkanes of at least 4 members (excludes halogenated alkanes) is 36. The van der Waals surface area contributed by atoms with E-state index in [1.54, 1.807) is 0 Å². The smallest absolute Gasteiger partial charge is 0.268 e. The van der Waals surface area contributed by atoms with E-state index < -0.39 is 20.0 Å². The summed E-state index contributed by atoms with van der Waals surface area (Å²) in [6.07, 6.45) is 55.5. The number of phosphoric ester groups is 1. The van der Waals surface area contributed by atoms with E-state index in [1.165, 1.54) is 212 Å². The van der Waals surface area contributed by atoms with Gasteiger partial charge >= 0.3 is 0 Å². The minimum atomic E-state index is -4.56. The molecule has 63 heavy (non-hydrogen) atoms. The zero-order valence-electron chi connectivity index (χ0n) is 42.8. The van der Waals surface area contributed by atoms with E-state index in [0.29, 0.717) is 23.9 Å². The molecule has 0 aliphatic carbocycles. The molecule has 0 aliphatic rings. The van der Waals surface area contributed by atoms with Crippen LogP contribution in [-0.4, -0.2) is 68.5 Å². The number of phosphoric acid groups is 1. The van der Waals surface area contributed by atoms with Crippen LogP contribution in [0.25, 0.3) is 0 Å². The Kier molecular flexibility index (Phi) is 45.8. The molecule has 0 aromatic heterocycles. The van der Waals surface area contributed by atoms with E-state index in [-0.39, 0.29) is 19.1 Å². The van der Waals surface area contributed by atoms with Gasteiger partial charge in [0.05, 0.1) is 39.9 Å². The normalized spacial score (nSPS) is 14.1. The number of quaternary nitrogens is 1. The SMILES string of the molecule is CCCCCCCCCC/C=C\CCCCCCCCCCCCCCCCCCCCCC(=O)NC(COP(=O)([O-])OCC[N+](C)(C)C)C(O)CCCCCCCCCCCC. The second-order valence-electron chi connectivity index (χ2n) is 20.3. The van der Waals surface area contributed by atoms with E-state index in [1.807, 2.05) is 21.1 Å². The second-order valence-corrected chi connectivity index (χ2v) is 21.7. The van der Waals surface area contributed by atoms with E-state index in [0.717, 1.165) is 38.5 Å². The standard InChI is InChI=1S/C54H109N2O6P/c1-6-8-10-12-14-16-18-19-20-21-22-23-24-25-26-27-28-29-30-31-32-33-34-35-36-37-38-40-42-44-46-48-54(58)55-52(51-62-63(59,60)61-50-49-56(3,4)5)53(57)47-45-43-41-39-17-15-13-11-9-7-2/h21-22,52-53,57H,6-20,23-51H2,1-5H3,(H-,55,58,59,60)/b22-21-. The van der Waals surface area contributed by atoms with Crippen molar-refractivity contribution >= 4 is 13.7 Å². The zero-order chi connectivity index (χ0) is 46.4. The Hall–Kier alpha value is -0.760. The molecular formula is C54H109N2O6P. The van der Waals surface area contributed by atoms with E-state index >= 15 is 0 Å². The molecule has 0 fully saturated rings. The number of likely N-dealkylation sites (N-methyl/N-ethyl adjacent to an activating group) is 1. The molecule has 1 amide bonds. The van der Waals surface area contributed by atoms with Crippen LogP contribution in [0.3, 0.4) is 0 Å². The molecule has 0 saturated heterocycles. The fraction of sp³-hybridized carbons (Fsp3) is 0.944. The Morgan fingerprint density at radius 1 is 0.540 bits per heavy atom. The van der Waals surface area contributed by atoms with Gasteiger partial charge in [0, 0.05) is 6.42 Å². The maximum absolute atomic E-state index is 12.9. The highest BCUT2D eigenvalue weighted by atomic mass is 31.2. The van der Waals surface area contributed by atoms with Gasteiger partial charge in [0.1, 0.15) is 13.2 Å². The summed E-state index contributed by atoms with van der Waals surface area (Å²) in [5.74, 6) is -0.161. The van der Waals surface area contributed by atoms with Crippen LogP contribution in [0.15, 0.2) is 12.2 Å². The monoisotopic (exact) mass is 913 g/mol. The number of hydrogen-bond acceptors (Lipinski definition) is 6. The number of rotatable bonds is 51. The predicted molar refractivity (Wildman–Crippen MR) is 270 cm³/mol. The third kappa shape index (κ3) is 49.0. The zero-order valence-corrected chi connectivity index (χ0v) is 43.7. The number of carbonyl (C=O) groups is 1.